The lowest BCUT2D eigenvalue weighted by atomic mass is 10.1. The number of rotatable bonds is 9. The van der Waals surface area contributed by atoms with Crippen LogP contribution in [0.15, 0.2) is 48.5 Å². The number of benzene rings is 2. The first kappa shape index (κ1) is 19.7. The number of amides is 1. The molecule has 0 aliphatic carbocycles. The minimum absolute atomic E-state index is 0.0751. The molecular formula is C20H24ClNO2S. The van der Waals surface area contributed by atoms with Crippen molar-refractivity contribution >= 4 is 29.3 Å². The lowest BCUT2D eigenvalue weighted by Gasteiger charge is -2.17. The van der Waals surface area contributed by atoms with Gasteiger partial charge in [0.15, 0.2) is 6.10 Å². The van der Waals surface area contributed by atoms with Gasteiger partial charge in [-0.2, -0.15) is 11.8 Å². The normalized spacial score (nSPS) is 11.8. The molecule has 5 heteroatoms. The van der Waals surface area contributed by atoms with Crippen molar-refractivity contribution in [1.82, 2.24) is 5.32 Å². The molecule has 0 aromatic heterocycles. The van der Waals surface area contributed by atoms with Crippen LogP contribution in [-0.2, 0) is 10.5 Å². The maximum atomic E-state index is 12.3. The number of thioether (sulfide) groups is 1. The number of hydrogen-bond donors (Lipinski definition) is 1. The topological polar surface area (TPSA) is 38.3 Å². The Bertz CT molecular complexity index is 676. The molecule has 134 valence electrons. The third kappa shape index (κ3) is 6.63. The summed E-state index contributed by atoms with van der Waals surface area (Å²) in [6.07, 6.45) is 0.132. The highest BCUT2D eigenvalue weighted by molar-refractivity contribution is 7.98. The Labute approximate surface area is 159 Å². The summed E-state index contributed by atoms with van der Waals surface area (Å²) in [6.45, 7) is 4.70. The van der Waals surface area contributed by atoms with Crippen LogP contribution < -0.4 is 10.1 Å². The Morgan fingerprint density at radius 2 is 1.92 bits per heavy atom. The first-order valence-electron chi connectivity index (χ1n) is 8.42. The molecule has 0 fully saturated rings. The van der Waals surface area contributed by atoms with Crippen molar-refractivity contribution in [3.63, 3.8) is 0 Å². The second-order valence-corrected chi connectivity index (χ2v) is 7.28. The summed E-state index contributed by atoms with van der Waals surface area (Å²) in [4.78, 5) is 12.3. The highest BCUT2D eigenvalue weighted by Crippen LogP contribution is 2.18. The first-order valence-corrected chi connectivity index (χ1v) is 9.95. The van der Waals surface area contributed by atoms with Crippen molar-refractivity contribution in [1.29, 1.82) is 0 Å². The van der Waals surface area contributed by atoms with E-state index >= 15 is 0 Å². The van der Waals surface area contributed by atoms with E-state index in [1.165, 1.54) is 11.1 Å². The van der Waals surface area contributed by atoms with Crippen LogP contribution in [0.2, 0.25) is 5.02 Å². The van der Waals surface area contributed by atoms with E-state index < -0.39 is 6.10 Å². The summed E-state index contributed by atoms with van der Waals surface area (Å²) in [5.74, 6) is 2.41. The summed E-state index contributed by atoms with van der Waals surface area (Å²) in [6, 6.07) is 15.4. The van der Waals surface area contributed by atoms with Crippen LogP contribution in [0.25, 0.3) is 0 Å². The Kier molecular flexibility index (Phi) is 8.16. The number of halogens is 1. The lowest BCUT2D eigenvalue weighted by molar-refractivity contribution is -0.127. The largest absolute Gasteiger partial charge is 0.481 e. The average molecular weight is 378 g/mol. The van der Waals surface area contributed by atoms with Gasteiger partial charge in [0.2, 0.25) is 0 Å². The van der Waals surface area contributed by atoms with Crippen molar-refractivity contribution in [3.05, 3.63) is 64.7 Å². The van der Waals surface area contributed by atoms with Gasteiger partial charge in [-0.15, -0.1) is 0 Å². The third-order valence-corrected chi connectivity index (χ3v) is 5.08. The van der Waals surface area contributed by atoms with Crippen LogP contribution in [-0.4, -0.2) is 24.3 Å². The van der Waals surface area contributed by atoms with E-state index in [0.29, 0.717) is 23.7 Å². The van der Waals surface area contributed by atoms with Crippen LogP contribution in [0.5, 0.6) is 5.75 Å². The van der Waals surface area contributed by atoms with Crippen molar-refractivity contribution in [2.45, 2.75) is 32.1 Å². The van der Waals surface area contributed by atoms with Crippen LogP contribution in [0.4, 0.5) is 0 Å². The number of aryl methyl sites for hydroxylation is 1. The Balaban J connectivity index is 1.71. The molecule has 1 amide bonds. The number of carbonyl (C=O) groups is 1. The van der Waals surface area contributed by atoms with E-state index in [1.807, 2.05) is 18.7 Å². The molecule has 0 radical (unpaired) electrons. The third-order valence-electron chi connectivity index (χ3n) is 3.82. The maximum absolute atomic E-state index is 12.3. The van der Waals surface area contributed by atoms with E-state index in [1.54, 1.807) is 24.3 Å². The molecule has 0 bridgehead atoms. The Morgan fingerprint density at radius 1 is 1.20 bits per heavy atom. The standard InChI is InChI=1S/C20H24ClNO2S/c1-3-19(24-18-10-8-17(21)9-11-18)20(23)22-12-13-25-14-16-7-5-4-6-15(16)2/h4-11,19H,3,12-14H2,1-2H3,(H,22,23)/t19-/m0/s1. The molecule has 3 nitrogen and oxygen atoms in total. The summed E-state index contributed by atoms with van der Waals surface area (Å²) in [7, 11) is 0. The second kappa shape index (κ2) is 10.4. The summed E-state index contributed by atoms with van der Waals surface area (Å²) >= 11 is 7.68. The fourth-order valence-corrected chi connectivity index (χ4v) is 3.37. The van der Waals surface area contributed by atoms with Gasteiger partial charge in [0.25, 0.3) is 5.91 Å². The quantitative estimate of drug-likeness (QED) is 0.634. The van der Waals surface area contributed by atoms with Crippen molar-refractivity contribution < 1.29 is 9.53 Å². The summed E-state index contributed by atoms with van der Waals surface area (Å²) in [5.41, 5.74) is 2.65. The van der Waals surface area contributed by atoms with Gasteiger partial charge in [-0.3, -0.25) is 4.79 Å². The lowest BCUT2D eigenvalue weighted by Crippen LogP contribution is -2.39. The molecule has 2 aromatic carbocycles. The van der Waals surface area contributed by atoms with Gasteiger partial charge in [0.05, 0.1) is 0 Å². The number of nitrogens with one attached hydrogen (secondary N) is 1. The van der Waals surface area contributed by atoms with Crippen molar-refractivity contribution in [2.24, 2.45) is 0 Å². The first-order chi connectivity index (χ1) is 12.1. The molecule has 0 saturated carbocycles. The SMILES string of the molecule is CC[C@H](Oc1ccc(Cl)cc1)C(=O)NCCSCc1ccccc1C. The van der Waals surface area contributed by atoms with Crippen LogP contribution >= 0.6 is 23.4 Å². The molecule has 1 atom stereocenters. The smallest absolute Gasteiger partial charge is 0.261 e. The van der Waals surface area contributed by atoms with Crippen molar-refractivity contribution in [2.75, 3.05) is 12.3 Å². The van der Waals surface area contributed by atoms with E-state index in [0.717, 1.165) is 11.5 Å². The van der Waals surface area contributed by atoms with Gasteiger partial charge in [0, 0.05) is 23.1 Å². The minimum atomic E-state index is -0.484. The molecule has 0 aliphatic rings. The highest BCUT2D eigenvalue weighted by atomic mass is 35.5. The molecule has 0 spiro atoms. The number of carbonyl (C=O) groups excluding carboxylic acids is 1. The minimum Gasteiger partial charge on any atom is -0.481 e. The molecular weight excluding hydrogens is 354 g/mol. The summed E-state index contributed by atoms with van der Waals surface area (Å²) in [5, 5.41) is 3.60. The highest BCUT2D eigenvalue weighted by Gasteiger charge is 2.17. The van der Waals surface area contributed by atoms with E-state index in [4.69, 9.17) is 16.3 Å². The van der Waals surface area contributed by atoms with E-state index in [-0.39, 0.29) is 5.91 Å². The number of ether oxygens (including phenoxy) is 1. The van der Waals surface area contributed by atoms with Gasteiger partial charge in [-0.25, -0.2) is 0 Å². The van der Waals surface area contributed by atoms with E-state index in [2.05, 4.69) is 36.5 Å². The van der Waals surface area contributed by atoms with Crippen molar-refractivity contribution in [3.8, 4) is 5.75 Å². The van der Waals surface area contributed by atoms with Crippen LogP contribution in [0.3, 0.4) is 0 Å². The van der Waals surface area contributed by atoms with Crippen LogP contribution in [0.1, 0.15) is 24.5 Å². The molecule has 0 heterocycles. The van der Waals surface area contributed by atoms with Crippen LogP contribution in [0, 0.1) is 6.92 Å². The van der Waals surface area contributed by atoms with Gasteiger partial charge >= 0.3 is 0 Å². The Morgan fingerprint density at radius 3 is 2.60 bits per heavy atom. The summed E-state index contributed by atoms with van der Waals surface area (Å²) < 4.78 is 5.75. The molecule has 0 aliphatic heterocycles. The predicted octanol–water partition coefficient (Wildman–Crippen LogP) is 4.86. The molecule has 2 rings (SSSR count). The Hall–Kier alpha value is -1.65. The molecule has 1 N–H and O–H groups in total. The molecule has 2 aromatic rings. The van der Waals surface area contributed by atoms with Gasteiger partial charge in [-0.05, 0) is 48.7 Å². The molecule has 0 unspecified atom stereocenters. The zero-order chi connectivity index (χ0) is 18.1. The molecule has 25 heavy (non-hydrogen) atoms. The predicted molar refractivity (Wildman–Crippen MR) is 107 cm³/mol. The fourth-order valence-electron chi connectivity index (χ4n) is 2.31. The maximum Gasteiger partial charge on any atom is 0.261 e. The fraction of sp³-hybridized carbons (Fsp3) is 0.350. The zero-order valence-electron chi connectivity index (χ0n) is 14.6. The zero-order valence-corrected chi connectivity index (χ0v) is 16.2. The second-order valence-electron chi connectivity index (χ2n) is 5.74. The molecule has 0 saturated heterocycles. The average Bonchev–Trinajstić information content (AvgIpc) is 2.62. The van der Waals surface area contributed by atoms with E-state index in [9.17, 15) is 4.79 Å². The van der Waals surface area contributed by atoms with Gasteiger partial charge < -0.3 is 10.1 Å². The monoisotopic (exact) mass is 377 g/mol. The van der Waals surface area contributed by atoms with Gasteiger partial charge in [-0.1, -0.05) is 42.8 Å². The number of hydrogen-bond acceptors (Lipinski definition) is 3. The van der Waals surface area contributed by atoms with Gasteiger partial charge in [0.1, 0.15) is 5.75 Å².